The van der Waals surface area contributed by atoms with E-state index in [0.29, 0.717) is 0 Å². The summed E-state index contributed by atoms with van der Waals surface area (Å²) < 4.78 is 33.1. The molecule has 0 unspecified atom stereocenters. The minimum atomic E-state index is -4.56. The van der Waals surface area contributed by atoms with E-state index in [1.165, 1.54) is 18.2 Å². The van der Waals surface area contributed by atoms with Crippen LogP contribution in [0.3, 0.4) is 0 Å². The van der Waals surface area contributed by atoms with Crippen LogP contribution in [-0.2, 0) is 10.4 Å². The number of hydrogen-bond donors (Lipinski definition) is 3. The number of nitrogens with one attached hydrogen (secondary N) is 2. The summed E-state index contributed by atoms with van der Waals surface area (Å²) in [6.07, 6.45) is 0. The monoisotopic (exact) mass is 328 g/mol. The fraction of sp³-hybridized carbons (Fsp3) is 0.400. The molecule has 0 bridgehead atoms. The lowest BCUT2D eigenvalue weighted by Gasteiger charge is -2.11. The quantitative estimate of drug-likeness (QED) is 0.710. The smallest absolute Gasteiger partial charge is 0.360 e. The van der Waals surface area contributed by atoms with Crippen LogP contribution in [-0.4, -0.2) is 39.1 Å². The van der Waals surface area contributed by atoms with Crippen molar-refractivity contribution in [2.75, 3.05) is 26.2 Å². The van der Waals surface area contributed by atoms with Crippen LogP contribution in [0.4, 0.5) is 0 Å². The standard InChI is InChI=1S/C6H4Cl2O4S.C4H10N2/c7-4-2-1-3-5(6(4)8)12-13(9,10)11;1-2-6-4-3-5-1/h1-3H,(H,9,10,11);5-6H,1-4H2. The molecule has 0 radical (unpaired) electrons. The maximum atomic E-state index is 10.3. The van der Waals surface area contributed by atoms with Gasteiger partial charge in [-0.1, -0.05) is 29.3 Å². The first-order valence-corrected chi connectivity index (χ1v) is 7.54. The van der Waals surface area contributed by atoms with E-state index in [4.69, 9.17) is 27.8 Å². The molecule has 0 atom stereocenters. The molecule has 0 aliphatic carbocycles. The summed E-state index contributed by atoms with van der Waals surface area (Å²) in [5, 5.41) is 6.52. The molecule has 1 fully saturated rings. The molecule has 9 heteroatoms. The van der Waals surface area contributed by atoms with E-state index >= 15 is 0 Å². The zero-order valence-corrected chi connectivity index (χ0v) is 12.2. The predicted molar refractivity (Wildman–Crippen MR) is 74.4 cm³/mol. The molecule has 1 aliphatic heterocycles. The van der Waals surface area contributed by atoms with E-state index in [1.54, 1.807) is 0 Å². The highest BCUT2D eigenvalue weighted by Gasteiger charge is 2.12. The minimum absolute atomic E-state index is 0.0678. The van der Waals surface area contributed by atoms with Gasteiger partial charge in [0.15, 0.2) is 5.75 Å². The predicted octanol–water partition coefficient (Wildman–Crippen LogP) is 1.35. The van der Waals surface area contributed by atoms with E-state index in [0.717, 1.165) is 26.2 Å². The van der Waals surface area contributed by atoms with E-state index in [9.17, 15) is 8.42 Å². The molecule has 0 saturated carbocycles. The van der Waals surface area contributed by atoms with Gasteiger partial charge >= 0.3 is 10.4 Å². The second-order valence-corrected chi connectivity index (χ2v) is 5.37. The van der Waals surface area contributed by atoms with Crippen molar-refractivity contribution in [3.05, 3.63) is 28.2 Å². The zero-order valence-electron chi connectivity index (χ0n) is 9.90. The van der Waals surface area contributed by atoms with Crippen molar-refractivity contribution < 1.29 is 17.2 Å². The molecular weight excluding hydrogens is 315 g/mol. The summed E-state index contributed by atoms with van der Waals surface area (Å²) in [5.74, 6) is -0.211. The summed E-state index contributed by atoms with van der Waals surface area (Å²) in [7, 11) is -4.56. The van der Waals surface area contributed by atoms with Crippen LogP contribution in [0.25, 0.3) is 0 Å². The molecule has 2 rings (SSSR count). The number of rotatable bonds is 2. The average Bonchev–Trinajstić information content (AvgIpc) is 2.36. The lowest BCUT2D eigenvalue weighted by molar-refractivity contribution is 0.387. The van der Waals surface area contributed by atoms with Crippen LogP contribution in [0.5, 0.6) is 5.75 Å². The molecule has 108 valence electrons. The van der Waals surface area contributed by atoms with Crippen LogP contribution < -0.4 is 14.8 Å². The van der Waals surface area contributed by atoms with Crippen LogP contribution >= 0.6 is 23.2 Å². The molecule has 1 aromatic rings. The third-order valence-electron chi connectivity index (χ3n) is 2.07. The molecule has 0 spiro atoms. The molecular formula is C10H14Cl2N2O4S. The molecule has 0 amide bonds. The first-order valence-electron chi connectivity index (χ1n) is 5.42. The number of benzene rings is 1. The summed E-state index contributed by atoms with van der Waals surface area (Å²) in [6.45, 7) is 4.56. The maximum Gasteiger partial charge on any atom is 0.446 e. The Kier molecular flexibility index (Phi) is 6.84. The molecule has 6 nitrogen and oxygen atoms in total. The zero-order chi connectivity index (χ0) is 14.3. The summed E-state index contributed by atoms with van der Waals surface area (Å²) in [5.41, 5.74) is 0. The molecule has 0 aromatic heterocycles. The molecule has 3 N–H and O–H groups in total. The Morgan fingerprint density at radius 2 is 1.63 bits per heavy atom. The van der Waals surface area contributed by atoms with Crippen molar-refractivity contribution in [3.63, 3.8) is 0 Å². The number of halogens is 2. The Morgan fingerprint density at radius 3 is 2.05 bits per heavy atom. The van der Waals surface area contributed by atoms with Crippen molar-refractivity contribution >= 4 is 33.6 Å². The molecule has 1 aliphatic rings. The van der Waals surface area contributed by atoms with Crippen LogP contribution in [0, 0.1) is 0 Å². The first kappa shape index (κ1) is 16.5. The fourth-order valence-corrected chi connectivity index (χ4v) is 2.01. The second kappa shape index (κ2) is 7.88. The molecule has 1 aromatic carbocycles. The van der Waals surface area contributed by atoms with Crippen molar-refractivity contribution in [3.8, 4) is 5.75 Å². The number of piperazine rings is 1. The van der Waals surface area contributed by atoms with Gasteiger partial charge in [-0.25, -0.2) is 0 Å². The Hall–Kier alpha value is -0.570. The number of hydrogen-bond acceptors (Lipinski definition) is 5. The highest BCUT2D eigenvalue weighted by atomic mass is 35.5. The highest BCUT2D eigenvalue weighted by Crippen LogP contribution is 2.31. The maximum absolute atomic E-state index is 10.3. The highest BCUT2D eigenvalue weighted by molar-refractivity contribution is 7.81. The van der Waals surface area contributed by atoms with E-state index in [-0.39, 0.29) is 15.8 Å². The Balaban J connectivity index is 0.000000250. The normalized spacial score (nSPS) is 15.3. The largest absolute Gasteiger partial charge is 0.446 e. The van der Waals surface area contributed by atoms with Gasteiger partial charge in [0.2, 0.25) is 0 Å². The van der Waals surface area contributed by atoms with Crippen molar-refractivity contribution in [2.24, 2.45) is 0 Å². The van der Waals surface area contributed by atoms with Gasteiger partial charge in [0.05, 0.1) is 5.02 Å². The van der Waals surface area contributed by atoms with E-state index < -0.39 is 10.4 Å². The van der Waals surface area contributed by atoms with Crippen LogP contribution in [0.15, 0.2) is 18.2 Å². The van der Waals surface area contributed by atoms with Gasteiger partial charge < -0.3 is 14.8 Å². The van der Waals surface area contributed by atoms with Crippen molar-refractivity contribution in [1.82, 2.24) is 10.6 Å². The van der Waals surface area contributed by atoms with Crippen molar-refractivity contribution in [1.29, 1.82) is 0 Å². The summed E-state index contributed by atoms with van der Waals surface area (Å²) in [4.78, 5) is 0. The average molecular weight is 329 g/mol. The van der Waals surface area contributed by atoms with Gasteiger partial charge in [0, 0.05) is 26.2 Å². The Morgan fingerprint density at radius 1 is 1.11 bits per heavy atom. The fourth-order valence-electron chi connectivity index (χ4n) is 1.27. The Bertz CT molecular complexity index is 495. The van der Waals surface area contributed by atoms with Gasteiger partial charge in [0.25, 0.3) is 0 Å². The van der Waals surface area contributed by atoms with Crippen LogP contribution in [0.2, 0.25) is 10.0 Å². The summed E-state index contributed by atoms with van der Waals surface area (Å²) in [6, 6.07) is 4.16. The van der Waals surface area contributed by atoms with E-state index in [1.807, 2.05) is 0 Å². The molecule has 1 saturated heterocycles. The van der Waals surface area contributed by atoms with Gasteiger partial charge in [-0.15, -0.1) is 0 Å². The van der Waals surface area contributed by atoms with Crippen molar-refractivity contribution in [2.45, 2.75) is 0 Å². The SMILES string of the molecule is C1CNCCN1.O=S(=O)(O)Oc1cccc(Cl)c1Cl. The van der Waals surface area contributed by atoms with Crippen LogP contribution in [0.1, 0.15) is 0 Å². The minimum Gasteiger partial charge on any atom is -0.360 e. The summed E-state index contributed by atoms with van der Waals surface area (Å²) >= 11 is 11.1. The van der Waals surface area contributed by atoms with E-state index in [2.05, 4.69) is 14.8 Å². The third kappa shape index (κ3) is 6.95. The first-order chi connectivity index (χ1) is 8.90. The Labute approximate surface area is 122 Å². The molecule has 1 heterocycles. The molecule has 19 heavy (non-hydrogen) atoms. The van der Waals surface area contributed by atoms with Gasteiger partial charge in [-0.2, -0.15) is 8.42 Å². The lowest BCUT2D eigenvalue weighted by atomic mass is 10.3. The van der Waals surface area contributed by atoms with Gasteiger partial charge in [-0.05, 0) is 12.1 Å². The van der Waals surface area contributed by atoms with Gasteiger partial charge in [0.1, 0.15) is 5.02 Å². The topological polar surface area (TPSA) is 87.7 Å². The van der Waals surface area contributed by atoms with Gasteiger partial charge in [-0.3, -0.25) is 4.55 Å². The lowest BCUT2D eigenvalue weighted by Crippen LogP contribution is -2.39. The third-order valence-corrected chi connectivity index (χ3v) is 3.26. The second-order valence-electron chi connectivity index (χ2n) is 3.56.